The van der Waals surface area contributed by atoms with Gasteiger partial charge in [0.15, 0.2) is 0 Å². The van der Waals surface area contributed by atoms with Crippen LogP contribution >= 0.6 is 0 Å². The van der Waals surface area contributed by atoms with Crippen molar-refractivity contribution in [2.75, 3.05) is 13.1 Å². The molecule has 0 bridgehead atoms. The van der Waals surface area contributed by atoms with Gasteiger partial charge in [-0.05, 0) is 19.3 Å². The van der Waals surface area contributed by atoms with Crippen LogP contribution in [0.3, 0.4) is 0 Å². The molecule has 0 aliphatic carbocycles. The van der Waals surface area contributed by atoms with Crippen LogP contribution in [0.4, 0.5) is 0 Å². The third kappa shape index (κ3) is 2.86. The first-order valence-corrected chi connectivity index (χ1v) is 7.57. The van der Waals surface area contributed by atoms with Crippen molar-refractivity contribution < 1.29 is 8.42 Å². The predicted molar refractivity (Wildman–Crippen MR) is 67.8 cm³/mol. The molecule has 0 aromatic carbocycles. The zero-order valence-corrected chi connectivity index (χ0v) is 11.5. The first-order chi connectivity index (χ1) is 7.39. The molecule has 0 saturated carbocycles. The fourth-order valence-electron chi connectivity index (χ4n) is 1.97. The van der Waals surface area contributed by atoms with Gasteiger partial charge in [-0.1, -0.05) is 38.8 Å². The summed E-state index contributed by atoms with van der Waals surface area (Å²) in [6.45, 7) is 9.20. The molecule has 4 heteroatoms. The van der Waals surface area contributed by atoms with Gasteiger partial charge in [-0.15, -0.1) is 0 Å². The minimum Gasteiger partial charge on any atom is -0.212 e. The summed E-state index contributed by atoms with van der Waals surface area (Å²) >= 11 is 0. The predicted octanol–water partition coefficient (Wildman–Crippen LogP) is 2.40. The fourth-order valence-corrected chi connectivity index (χ4v) is 3.63. The fraction of sp³-hybridized carbons (Fsp3) is 0.833. The molecule has 0 aromatic rings. The van der Waals surface area contributed by atoms with Crippen LogP contribution in [0.25, 0.3) is 0 Å². The maximum absolute atomic E-state index is 12.2. The van der Waals surface area contributed by atoms with E-state index in [0.29, 0.717) is 19.0 Å². The Labute approximate surface area is 99.6 Å². The van der Waals surface area contributed by atoms with Crippen molar-refractivity contribution in [1.82, 2.24) is 4.31 Å². The summed E-state index contributed by atoms with van der Waals surface area (Å²) in [4.78, 5) is 0. The van der Waals surface area contributed by atoms with E-state index in [1.165, 1.54) is 5.57 Å². The van der Waals surface area contributed by atoms with Gasteiger partial charge in [0.25, 0.3) is 0 Å². The van der Waals surface area contributed by atoms with Gasteiger partial charge in [0.05, 0.1) is 5.25 Å². The van der Waals surface area contributed by atoms with Crippen LogP contribution in [0.15, 0.2) is 11.6 Å². The Balaban J connectivity index is 2.68. The normalized spacial score (nSPS) is 20.2. The molecule has 1 unspecified atom stereocenters. The molecule has 0 amide bonds. The summed E-state index contributed by atoms with van der Waals surface area (Å²) in [5.41, 5.74) is 1.24. The Kier molecular flexibility index (Phi) is 4.56. The Hall–Kier alpha value is -0.350. The Morgan fingerprint density at radius 3 is 2.44 bits per heavy atom. The van der Waals surface area contributed by atoms with E-state index in [9.17, 15) is 8.42 Å². The SMILES string of the molecule is CCCC(C)S(=O)(=O)N1CC=C(C(C)C)C1. The second-order valence-electron chi connectivity index (χ2n) is 4.87. The lowest BCUT2D eigenvalue weighted by Gasteiger charge is -2.21. The molecule has 0 aromatic heterocycles. The monoisotopic (exact) mass is 245 g/mol. The van der Waals surface area contributed by atoms with Crippen LogP contribution in [0.5, 0.6) is 0 Å². The summed E-state index contributed by atoms with van der Waals surface area (Å²) in [6.07, 6.45) is 3.72. The zero-order valence-electron chi connectivity index (χ0n) is 10.7. The van der Waals surface area contributed by atoms with Gasteiger partial charge in [-0.3, -0.25) is 0 Å². The van der Waals surface area contributed by atoms with E-state index < -0.39 is 10.0 Å². The van der Waals surface area contributed by atoms with Crippen LogP contribution < -0.4 is 0 Å². The van der Waals surface area contributed by atoms with E-state index in [2.05, 4.69) is 19.9 Å². The van der Waals surface area contributed by atoms with Crippen molar-refractivity contribution in [1.29, 1.82) is 0 Å². The van der Waals surface area contributed by atoms with Crippen LogP contribution in [-0.2, 0) is 10.0 Å². The van der Waals surface area contributed by atoms with E-state index >= 15 is 0 Å². The summed E-state index contributed by atoms with van der Waals surface area (Å²) < 4.78 is 26.0. The van der Waals surface area contributed by atoms with E-state index in [4.69, 9.17) is 0 Å². The molecule has 0 N–H and O–H groups in total. The van der Waals surface area contributed by atoms with Crippen LogP contribution in [0.2, 0.25) is 0 Å². The second-order valence-corrected chi connectivity index (χ2v) is 7.22. The molecule has 3 nitrogen and oxygen atoms in total. The molecular formula is C12H23NO2S. The standard InChI is InChI=1S/C12H23NO2S/c1-5-6-11(4)16(14,15)13-8-7-12(9-13)10(2)3/h7,10-11H,5-6,8-9H2,1-4H3. The van der Waals surface area contributed by atoms with Gasteiger partial charge < -0.3 is 0 Å². The molecule has 1 aliphatic rings. The highest BCUT2D eigenvalue weighted by Gasteiger charge is 2.31. The largest absolute Gasteiger partial charge is 0.217 e. The third-order valence-electron chi connectivity index (χ3n) is 3.22. The van der Waals surface area contributed by atoms with Gasteiger partial charge in [-0.25, -0.2) is 8.42 Å². The van der Waals surface area contributed by atoms with E-state index in [0.717, 1.165) is 12.8 Å². The highest BCUT2D eigenvalue weighted by atomic mass is 32.2. The minimum absolute atomic E-state index is 0.252. The Morgan fingerprint density at radius 1 is 1.38 bits per heavy atom. The van der Waals surface area contributed by atoms with E-state index in [-0.39, 0.29) is 5.25 Å². The summed E-state index contributed by atoms with van der Waals surface area (Å²) in [7, 11) is -3.09. The van der Waals surface area contributed by atoms with Gasteiger partial charge in [-0.2, -0.15) is 4.31 Å². The maximum Gasteiger partial charge on any atom is 0.217 e. The molecular weight excluding hydrogens is 222 g/mol. The van der Waals surface area contributed by atoms with Crippen molar-refractivity contribution in [2.24, 2.45) is 5.92 Å². The Bertz CT molecular complexity index is 357. The van der Waals surface area contributed by atoms with Crippen molar-refractivity contribution in [2.45, 2.75) is 45.8 Å². The molecule has 0 fully saturated rings. The molecule has 0 spiro atoms. The third-order valence-corrected chi connectivity index (χ3v) is 5.47. The number of hydrogen-bond donors (Lipinski definition) is 0. The van der Waals surface area contributed by atoms with E-state index in [1.807, 2.05) is 13.8 Å². The van der Waals surface area contributed by atoms with Gasteiger partial charge in [0, 0.05) is 13.1 Å². The first-order valence-electron chi connectivity index (χ1n) is 6.07. The van der Waals surface area contributed by atoms with Crippen LogP contribution in [-0.4, -0.2) is 31.1 Å². The molecule has 0 radical (unpaired) electrons. The second kappa shape index (κ2) is 5.32. The highest BCUT2D eigenvalue weighted by Crippen LogP contribution is 2.23. The van der Waals surface area contributed by atoms with Crippen LogP contribution in [0.1, 0.15) is 40.5 Å². The molecule has 1 atom stereocenters. The minimum atomic E-state index is -3.09. The quantitative estimate of drug-likeness (QED) is 0.698. The van der Waals surface area contributed by atoms with Gasteiger partial charge >= 0.3 is 0 Å². The topological polar surface area (TPSA) is 37.4 Å². The van der Waals surface area contributed by atoms with Crippen molar-refractivity contribution >= 4 is 10.0 Å². The first kappa shape index (κ1) is 13.7. The van der Waals surface area contributed by atoms with Crippen LogP contribution in [0, 0.1) is 5.92 Å². The number of nitrogens with zero attached hydrogens (tertiary/aromatic N) is 1. The molecule has 1 aliphatic heterocycles. The lowest BCUT2D eigenvalue weighted by molar-refractivity contribution is 0.464. The number of hydrogen-bond acceptors (Lipinski definition) is 2. The summed E-state index contributed by atoms with van der Waals surface area (Å²) in [5.74, 6) is 0.446. The highest BCUT2D eigenvalue weighted by molar-refractivity contribution is 7.89. The smallest absolute Gasteiger partial charge is 0.212 e. The summed E-state index contributed by atoms with van der Waals surface area (Å²) in [5, 5.41) is -0.252. The van der Waals surface area contributed by atoms with Crippen molar-refractivity contribution in [3.63, 3.8) is 0 Å². The zero-order chi connectivity index (χ0) is 12.3. The van der Waals surface area contributed by atoms with Crippen molar-refractivity contribution in [3.05, 3.63) is 11.6 Å². The molecule has 94 valence electrons. The molecule has 1 heterocycles. The van der Waals surface area contributed by atoms with Gasteiger partial charge in [0.1, 0.15) is 0 Å². The van der Waals surface area contributed by atoms with Crippen molar-refractivity contribution in [3.8, 4) is 0 Å². The lowest BCUT2D eigenvalue weighted by Crippen LogP contribution is -2.36. The maximum atomic E-state index is 12.2. The number of sulfonamides is 1. The lowest BCUT2D eigenvalue weighted by atomic mass is 10.1. The number of rotatable bonds is 5. The molecule has 16 heavy (non-hydrogen) atoms. The van der Waals surface area contributed by atoms with E-state index in [1.54, 1.807) is 4.31 Å². The average Bonchev–Trinajstić information content (AvgIpc) is 2.67. The summed E-state index contributed by atoms with van der Waals surface area (Å²) in [6, 6.07) is 0. The Morgan fingerprint density at radius 2 is 2.00 bits per heavy atom. The molecule has 1 rings (SSSR count). The van der Waals surface area contributed by atoms with Gasteiger partial charge in [0.2, 0.25) is 10.0 Å². The molecule has 0 saturated heterocycles. The average molecular weight is 245 g/mol.